The highest BCUT2D eigenvalue weighted by Gasteiger charge is 2.34. The number of anilines is 1. The molecule has 1 aromatic carbocycles. The zero-order valence-electron chi connectivity index (χ0n) is 15.7. The van der Waals surface area contributed by atoms with Gasteiger partial charge in [0.25, 0.3) is 5.91 Å². The number of hydrogen-bond donors (Lipinski definition) is 1. The summed E-state index contributed by atoms with van der Waals surface area (Å²) in [6, 6.07) is 9.43. The fourth-order valence-electron chi connectivity index (χ4n) is 2.79. The molecule has 138 valence electrons. The monoisotopic (exact) mass is 355 g/mol. The van der Waals surface area contributed by atoms with E-state index in [2.05, 4.69) is 31.2 Å². The molecule has 0 radical (unpaired) electrons. The Kier molecular flexibility index (Phi) is 4.85. The highest BCUT2D eigenvalue weighted by atomic mass is 16.5. The molecule has 1 saturated carbocycles. The summed E-state index contributed by atoms with van der Waals surface area (Å²) in [5.41, 5.74) is 1.81. The van der Waals surface area contributed by atoms with Crippen molar-refractivity contribution in [2.75, 3.05) is 11.9 Å². The molecule has 6 heteroatoms. The SMILES string of the molecule is Cc1cc(NC(=O)CN(C(=O)c2ccc(C(C)(C)C)cc2)C2CC2)no1. The van der Waals surface area contributed by atoms with Crippen molar-refractivity contribution in [2.24, 2.45) is 0 Å². The van der Waals surface area contributed by atoms with E-state index in [0.717, 1.165) is 12.8 Å². The van der Waals surface area contributed by atoms with E-state index in [1.54, 1.807) is 17.9 Å². The summed E-state index contributed by atoms with van der Waals surface area (Å²) in [6.07, 6.45) is 1.87. The van der Waals surface area contributed by atoms with Crippen LogP contribution in [0.4, 0.5) is 5.82 Å². The predicted octanol–water partition coefficient (Wildman–Crippen LogP) is 3.52. The van der Waals surface area contributed by atoms with Crippen LogP contribution in [0.3, 0.4) is 0 Å². The van der Waals surface area contributed by atoms with Crippen LogP contribution in [-0.4, -0.2) is 34.5 Å². The molecular weight excluding hydrogens is 330 g/mol. The maximum absolute atomic E-state index is 12.9. The van der Waals surface area contributed by atoms with Gasteiger partial charge in [0, 0.05) is 17.7 Å². The molecule has 0 atom stereocenters. The molecule has 0 aliphatic heterocycles. The van der Waals surface area contributed by atoms with Gasteiger partial charge in [-0.05, 0) is 42.9 Å². The third kappa shape index (κ3) is 4.31. The molecule has 0 bridgehead atoms. The van der Waals surface area contributed by atoms with Crippen molar-refractivity contribution in [2.45, 2.75) is 52.0 Å². The molecule has 1 aliphatic rings. The number of benzene rings is 1. The lowest BCUT2D eigenvalue weighted by atomic mass is 9.86. The lowest BCUT2D eigenvalue weighted by Crippen LogP contribution is -2.39. The summed E-state index contributed by atoms with van der Waals surface area (Å²) in [5, 5.41) is 6.42. The molecule has 2 amide bonds. The van der Waals surface area contributed by atoms with Gasteiger partial charge in [-0.25, -0.2) is 0 Å². The van der Waals surface area contributed by atoms with Crippen LogP contribution in [0.15, 0.2) is 34.9 Å². The Morgan fingerprint density at radius 3 is 2.38 bits per heavy atom. The highest BCUT2D eigenvalue weighted by Crippen LogP contribution is 2.29. The van der Waals surface area contributed by atoms with Crippen LogP contribution in [0.25, 0.3) is 0 Å². The number of carbonyl (C=O) groups excluding carboxylic acids is 2. The second-order valence-corrected chi connectivity index (χ2v) is 7.86. The smallest absolute Gasteiger partial charge is 0.254 e. The van der Waals surface area contributed by atoms with E-state index in [0.29, 0.717) is 17.1 Å². The maximum Gasteiger partial charge on any atom is 0.254 e. The molecule has 26 heavy (non-hydrogen) atoms. The second-order valence-electron chi connectivity index (χ2n) is 7.86. The third-order valence-electron chi connectivity index (χ3n) is 4.46. The fourth-order valence-corrected chi connectivity index (χ4v) is 2.79. The first-order chi connectivity index (χ1) is 12.2. The zero-order chi connectivity index (χ0) is 18.9. The Balaban J connectivity index is 1.69. The number of nitrogens with zero attached hydrogens (tertiary/aromatic N) is 2. The number of aromatic nitrogens is 1. The fraction of sp³-hybridized carbons (Fsp3) is 0.450. The molecule has 1 aromatic heterocycles. The second kappa shape index (κ2) is 6.94. The number of carbonyl (C=O) groups is 2. The summed E-state index contributed by atoms with van der Waals surface area (Å²) in [6.45, 7) is 8.17. The van der Waals surface area contributed by atoms with Crippen LogP contribution in [0, 0.1) is 6.92 Å². The van der Waals surface area contributed by atoms with Crippen LogP contribution in [-0.2, 0) is 10.2 Å². The Labute approximate surface area is 153 Å². The molecule has 1 N–H and O–H groups in total. The Hall–Kier alpha value is -2.63. The van der Waals surface area contributed by atoms with E-state index in [9.17, 15) is 9.59 Å². The molecule has 1 aliphatic carbocycles. The molecule has 0 saturated heterocycles. The topological polar surface area (TPSA) is 75.4 Å². The summed E-state index contributed by atoms with van der Waals surface area (Å²) in [7, 11) is 0. The first-order valence-electron chi connectivity index (χ1n) is 8.89. The first kappa shape index (κ1) is 18.2. The van der Waals surface area contributed by atoms with E-state index < -0.39 is 0 Å². The van der Waals surface area contributed by atoms with E-state index in [4.69, 9.17) is 4.52 Å². The van der Waals surface area contributed by atoms with Crippen molar-refractivity contribution in [3.8, 4) is 0 Å². The van der Waals surface area contributed by atoms with Crippen molar-refractivity contribution >= 4 is 17.6 Å². The number of amides is 2. The molecule has 2 aromatic rings. The minimum atomic E-state index is -0.273. The molecule has 3 rings (SSSR count). The maximum atomic E-state index is 12.9. The van der Waals surface area contributed by atoms with Crippen LogP contribution in [0.1, 0.15) is 55.3 Å². The van der Waals surface area contributed by atoms with E-state index in [1.165, 1.54) is 5.56 Å². The van der Waals surface area contributed by atoms with Gasteiger partial charge in [-0.2, -0.15) is 0 Å². The van der Waals surface area contributed by atoms with Gasteiger partial charge in [0.15, 0.2) is 5.82 Å². The normalized spacial score (nSPS) is 14.2. The largest absolute Gasteiger partial charge is 0.360 e. The standard InChI is InChI=1S/C20H25N3O3/c1-13-11-17(22-26-13)21-18(24)12-23(16-9-10-16)19(25)14-5-7-15(8-6-14)20(2,3)4/h5-8,11,16H,9-10,12H2,1-4H3,(H,21,22,24). The van der Waals surface area contributed by atoms with Crippen molar-refractivity contribution in [1.29, 1.82) is 0 Å². The number of nitrogens with one attached hydrogen (secondary N) is 1. The molecule has 6 nitrogen and oxygen atoms in total. The van der Waals surface area contributed by atoms with Crippen molar-refractivity contribution in [1.82, 2.24) is 10.1 Å². The molecule has 0 unspecified atom stereocenters. The minimum Gasteiger partial charge on any atom is -0.360 e. The van der Waals surface area contributed by atoms with Gasteiger partial charge in [0.2, 0.25) is 5.91 Å². The quantitative estimate of drug-likeness (QED) is 0.890. The van der Waals surface area contributed by atoms with E-state index in [-0.39, 0.29) is 29.8 Å². The van der Waals surface area contributed by atoms with Crippen molar-refractivity contribution in [3.05, 3.63) is 47.2 Å². The number of hydrogen-bond acceptors (Lipinski definition) is 4. The summed E-state index contributed by atoms with van der Waals surface area (Å²) < 4.78 is 4.94. The minimum absolute atomic E-state index is 0.0103. The summed E-state index contributed by atoms with van der Waals surface area (Å²) in [4.78, 5) is 26.8. The van der Waals surface area contributed by atoms with E-state index in [1.807, 2.05) is 24.3 Å². The number of aryl methyl sites for hydroxylation is 1. The van der Waals surface area contributed by atoms with Gasteiger partial charge >= 0.3 is 0 Å². The third-order valence-corrected chi connectivity index (χ3v) is 4.46. The van der Waals surface area contributed by atoms with Crippen molar-refractivity contribution in [3.63, 3.8) is 0 Å². The number of rotatable bonds is 5. The van der Waals surface area contributed by atoms with Gasteiger partial charge in [-0.15, -0.1) is 0 Å². The molecular formula is C20H25N3O3. The Bertz CT molecular complexity index is 798. The van der Waals surface area contributed by atoms with Crippen molar-refractivity contribution < 1.29 is 14.1 Å². The van der Waals surface area contributed by atoms with Crippen LogP contribution < -0.4 is 5.32 Å². The average molecular weight is 355 g/mol. The summed E-state index contributed by atoms with van der Waals surface area (Å²) >= 11 is 0. The predicted molar refractivity (Wildman–Crippen MR) is 99.1 cm³/mol. The van der Waals surface area contributed by atoms with Gasteiger partial charge in [0.1, 0.15) is 12.3 Å². The lowest BCUT2D eigenvalue weighted by Gasteiger charge is -2.23. The van der Waals surface area contributed by atoms with Gasteiger partial charge in [-0.1, -0.05) is 38.1 Å². The highest BCUT2D eigenvalue weighted by molar-refractivity contribution is 5.99. The van der Waals surface area contributed by atoms with Gasteiger partial charge < -0.3 is 14.7 Å². The lowest BCUT2D eigenvalue weighted by molar-refractivity contribution is -0.117. The summed E-state index contributed by atoms with van der Waals surface area (Å²) in [5.74, 6) is 0.601. The zero-order valence-corrected chi connectivity index (χ0v) is 15.7. The average Bonchev–Trinajstić information content (AvgIpc) is 3.34. The van der Waals surface area contributed by atoms with Crippen LogP contribution >= 0.6 is 0 Å². The Morgan fingerprint density at radius 2 is 1.88 bits per heavy atom. The molecule has 1 fully saturated rings. The van der Waals surface area contributed by atoms with Crippen LogP contribution in [0.5, 0.6) is 0 Å². The van der Waals surface area contributed by atoms with Gasteiger partial charge in [-0.3, -0.25) is 9.59 Å². The molecule has 0 spiro atoms. The molecule has 1 heterocycles. The van der Waals surface area contributed by atoms with Gasteiger partial charge in [0.05, 0.1) is 0 Å². The van der Waals surface area contributed by atoms with E-state index >= 15 is 0 Å². The first-order valence-corrected chi connectivity index (χ1v) is 8.89. The Morgan fingerprint density at radius 1 is 1.23 bits per heavy atom. The van der Waals surface area contributed by atoms with Crippen LogP contribution in [0.2, 0.25) is 0 Å².